The normalized spacial score (nSPS) is 10.9. The van der Waals surface area contributed by atoms with Crippen molar-refractivity contribution in [1.29, 1.82) is 0 Å². The van der Waals surface area contributed by atoms with Crippen molar-refractivity contribution >= 4 is 39.0 Å². The van der Waals surface area contributed by atoms with E-state index in [0.29, 0.717) is 11.3 Å². The van der Waals surface area contributed by atoms with Gasteiger partial charge in [0.05, 0.1) is 29.5 Å². The van der Waals surface area contributed by atoms with Gasteiger partial charge in [-0.05, 0) is 36.8 Å². The van der Waals surface area contributed by atoms with Crippen LogP contribution in [0.25, 0.3) is 0 Å². The van der Waals surface area contributed by atoms with E-state index in [-0.39, 0.29) is 16.9 Å². The zero-order valence-electron chi connectivity index (χ0n) is 15.9. The second-order valence-corrected chi connectivity index (χ2v) is 8.02. The number of carbonyl (C=O) groups excluding carboxylic acids is 2. The molecule has 0 saturated heterocycles. The van der Waals surface area contributed by atoms with Crippen LogP contribution in [0.15, 0.2) is 42.5 Å². The number of ether oxygens (including phenoxy) is 1. The highest BCUT2D eigenvalue weighted by atomic mass is 32.2. The molecule has 0 saturated carbocycles. The van der Waals surface area contributed by atoms with E-state index in [1.807, 2.05) is 0 Å². The highest BCUT2D eigenvalue weighted by molar-refractivity contribution is 7.92. The summed E-state index contributed by atoms with van der Waals surface area (Å²) in [5.41, 5.74) is 0.828. The van der Waals surface area contributed by atoms with Crippen LogP contribution in [-0.4, -0.2) is 45.1 Å². The van der Waals surface area contributed by atoms with Crippen LogP contribution in [-0.2, 0) is 19.6 Å². The van der Waals surface area contributed by atoms with Crippen molar-refractivity contribution in [2.75, 3.05) is 29.5 Å². The summed E-state index contributed by atoms with van der Waals surface area (Å²) in [6.45, 7) is 1.00. The van der Waals surface area contributed by atoms with E-state index in [1.165, 1.54) is 43.5 Å². The fourth-order valence-corrected chi connectivity index (χ4v) is 3.41. The van der Waals surface area contributed by atoms with Crippen molar-refractivity contribution in [1.82, 2.24) is 0 Å². The highest BCUT2D eigenvalue weighted by Crippen LogP contribution is 2.27. The first-order valence-electron chi connectivity index (χ1n) is 8.24. The molecule has 0 radical (unpaired) electrons. The molecule has 0 heterocycles. The maximum atomic E-state index is 12.4. The Hall–Kier alpha value is -3.47. The number of non-ortho nitro benzene ring substituents is 1. The molecule has 0 atom stereocenters. The zero-order valence-corrected chi connectivity index (χ0v) is 16.7. The van der Waals surface area contributed by atoms with Gasteiger partial charge in [-0.3, -0.25) is 19.2 Å². The van der Waals surface area contributed by atoms with E-state index in [1.54, 1.807) is 6.92 Å². The lowest BCUT2D eigenvalue weighted by molar-refractivity contribution is -0.384. The van der Waals surface area contributed by atoms with E-state index >= 15 is 0 Å². The predicted octanol–water partition coefficient (Wildman–Crippen LogP) is 2.09. The van der Waals surface area contributed by atoms with Crippen molar-refractivity contribution in [2.45, 2.75) is 6.92 Å². The Balaban J connectivity index is 2.25. The Morgan fingerprint density at radius 1 is 1.17 bits per heavy atom. The SMILES string of the molecule is COC(=O)c1ccc(NC(=O)CN(c2cc([N+](=O)[O-])ccc2C)S(C)(=O)=O)cc1. The van der Waals surface area contributed by atoms with Gasteiger partial charge in [-0.2, -0.15) is 0 Å². The molecule has 0 aromatic heterocycles. The van der Waals surface area contributed by atoms with E-state index in [2.05, 4.69) is 10.1 Å². The number of nitrogens with one attached hydrogen (secondary N) is 1. The van der Waals surface area contributed by atoms with Crippen LogP contribution in [0.1, 0.15) is 15.9 Å². The Bertz CT molecular complexity index is 1050. The summed E-state index contributed by atoms with van der Waals surface area (Å²) < 4.78 is 29.8. The van der Waals surface area contributed by atoms with Crippen molar-refractivity contribution in [3.05, 3.63) is 63.7 Å². The Labute approximate surface area is 167 Å². The number of nitro groups is 1. The number of hydrogen-bond donors (Lipinski definition) is 1. The molecule has 2 aromatic rings. The maximum Gasteiger partial charge on any atom is 0.337 e. The molecule has 0 aliphatic rings. The summed E-state index contributed by atoms with van der Waals surface area (Å²) in [5.74, 6) is -1.19. The molecule has 10 nitrogen and oxygen atoms in total. The number of nitrogens with zero attached hydrogens (tertiary/aromatic N) is 2. The molecular weight excluding hydrogens is 402 g/mol. The number of anilines is 2. The van der Waals surface area contributed by atoms with Crippen LogP contribution >= 0.6 is 0 Å². The maximum absolute atomic E-state index is 12.4. The number of nitro benzene ring substituents is 1. The monoisotopic (exact) mass is 421 g/mol. The Morgan fingerprint density at radius 2 is 1.79 bits per heavy atom. The second kappa shape index (κ2) is 8.69. The number of methoxy groups -OCH3 is 1. The van der Waals surface area contributed by atoms with Gasteiger partial charge in [0.2, 0.25) is 15.9 Å². The van der Waals surface area contributed by atoms with Crippen LogP contribution in [0.5, 0.6) is 0 Å². The van der Waals surface area contributed by atoms with Crippen molar-refractivity contribution < 1.29 is 27.7 Å². The number of sulfonamides is 1. The fraction of sp³-hybridized carbons (Fsp3) is 0.222. The summed E-state index contributed by atoms with van der Waals surface area (Å²) >= 11 is 0. The van der Waals surface area contributed by atoms with E-state index in [4.69, 9.17) is 0 Å². The fourth-order valence-electron chi connectivity index (χ4n) is 2.50. The number of carbonyl (C=O) groups is 2. The first-order valence-corrected chi connectivity index (χ1v) is 10.1. The molecule has 0 spiro atoms. The summed E-state index contributed by atoms with van der Waals surface area (Å²) in [6, 6.07) is 9.59. The van der Waals surface area contributed by atoms with Gasteiger partial charge in [-0.1, -0.05) is 6.07 Å². The molecule has 0 bridgehead atoms. The molecule has 0 aliphatic heterocycles. The minimum Gasteiger partial charge on any atom is -0.465 e. The van der Waals surface area contributed by atoms with Gasteiger partial charge in [0.1, 0.15) is 6.54 Å². The predicted molar refractivity (Wildman–Crippen MR) is 106 cm³/mol. The third kappa shape index (κ3) is 5.51. The summed E-state index contributed by atoms with van der Waals surface area (Å²) in [7, 11) is -2.66. The van der Waals surface area contributed by atoms with Crippen molar-refractivity contribution in [3.63, 3.8) is 0 Å². The van der Waals surface area contributed by atoms with Gasteiger partial charge in [0.15, 0.2) is 0 Å². The number of rotatable bonds is 7. The molecule has 154 valence electrons. The number of amides is 1. The summed E-state index contributed by atoms with van der Waals surface area (Å²) in [5, 5.41) is 13.5. The topological polar surface area (TPSA) is 136 Å². The van der Waals surface area contributed by atoms with Crippen LogP contribution in [0, 0.1) is 17.0 Å². The lowest BCUT2D eigenvalue weighted by atomic mass is 10.2. The van der Waals surface area contributed by atoms with Crippen molar-refractivity contribution in [2.24, 2.45) is 0 Å². The molecule has 1 amide bonds. The first kappa shape index (κ1) is 21.8. The Kier molecular flexibility index (Phi) is 6.54. The third-order valence-electron chi connectivity index (χ3n) is 3.95. The van der Waals surface area contributed by atoms with Gasteiger partial charge < -0.3 is 10.1 Å². The van der Waals surface area contributed by atoms with Gasteiger partial charge in [0, 0.05) is 17.8 Å². The number of esters is 1. The second-order valence-electron chi connectivity index (χ2n) is 6.11. The minimum absolute atomic E-state index is 0.0397. The van der Waals surface area contributed by atoms with Crippen LogP contribution in [0.2, 0.25) is 0 Å². The van der Waals surface area contributed by atoms with Gasteiger partial charge in [-0.25, -0.2) is 13.2 Å². The number of hydrogen-bond acceptors (Lipinski definition) is 7. The third-order valence-corrected chi connectivity index (χ3v) is 5.08. The molecule has 0 aliphatic carbocycles. The molecule has 1 N–H and O–H groups in total. The largest absolute Gasteiger partial charge is 0.465 e. The van der Waals surface area contributed by atoms with Crippen LogP contribution in [0.4, 0.5) is 17.1 Å². The molecule has 0 fully saturated rings. The van der Waals surface area contributed by atoms with Gasteiger partial charge in [0.25, 0.3) is 5.69 Å². The summed E-state index contributed by atoms with van der Waals surface area (Å²) in [6.07, 6.45) is 0.906. The van der Waals surface area contributed by atoms with E-state index < -0.39 is 33.4 Å². The molecule has 2 aromatic carbocycles. The number of aryl methyl sites for hydroxylation is 1. The minimum atomic E-state index is -3.90. The average molecular weight is 421 g/mol. The van der Waals surface area contributed by atoms with Crippen LogP contribution in [0.3, 0.4) is 0 Å². The molecular formula is C18H19N3O7S. The lowest BCUT2D eigenvalue weighted by Crippen LogP contribution is -2.37. The van der Waals surface area contributed by atoms with Crippen LogP contribution < -0.4 is 9.62 Å². The molecule has 2 rings (SSSR count). The number of benzene rings is 2. The van der Waals surface area contributed by atoms with E-state index in [0.717, 1.165) is 16.6 Å². The van der Waals surface area contributed by atoms with Crippen molar-refractivity contribution in [3.8, 4) is 0 Å². The lowest BCUT2D eigenvalue weighted by Gasteiger charge is -2.23. The molecule has 0 unspecified atom stereocenters. The first-order chi connectivity index (χ1) is 13.5. The highest BCUT2D eigenvalue weighted by Gasteiger charge is 2.24. The average Bonchev–Trinajstić information content (AvgIpc) is 2.65. The van der Waals surface area contributed by atoms with Gasteiger partial charge in [-0.15, -0.1) is 0 Å². The molecule has 11 heteroatoms. The van der Waals surface area contributed by atoms with E-state index in [9.17, 15) is 28.1 Å². The molecule has 29 heavy (non-hydrogen) atoms. The smallest absolute Gasteiger partial charge is 0.337 e. The zero-order chi connectivity index (χ0) is 21.8. The summed E-state index contributed by atoms with van der Waals surface area (Å²) in [4.78, 5) is 34.2. The Morgan fingerprint density at radius 3 is 2.31 bits per heavy atom. The van der Waals surface area contributed by atoms with Gasteiger partial charge >= 0.3 is 5.97 Å². The standard InChI is InChI=1S/C18H19N3O7S/c1-12-4-9-15(21(24)25)10-16(12)20(29(3,26)27)11-17(22)19-14-7-5-13(6-8-14)18(23)28-2/h4-10H,11H2,1-3H3,(H,19,22). The quantitative estimate of drug-likeness (QED) is 0.411.